The smallest absolute Gasteiger partial charge is 0.342 e. The fourth-order valence-electron chi connectivity index (χ4n) is 5.24. The van der Waals surface area contributed by atoms with Gasteiger partial charge >= 0.3 is 19.6 Å². The molecular weight excluding hydrogens is 631 g/mol. The van der Waals surface area contributed by atoms with E-state index in [9.17, 15) is 29.6 Å². The molecule has 6 N–H and O–H groups in total. The van der Waals surface area contributed by atoms with Crippen molar-refractivity contribution in [3.8, 4) is 6.07 Å². The Balaban J connectivity index is 1.82. The Morgan fingerprint density at radius 3 is 2.06 bits per heavy atom. The molecule has 47 heavy (non-hydrogen) atoms. The summed E-state index contributed by atoms with van der Waals surface area (Å²) < 4.78 is 38.1. The van der Waals surface area contributed by atoms with Gasteiger partial charge in [-0.3, -0.25) is 14.2 Å². The van der Waals surface area contributed by atoms with Gasteiger partial charge < -0.3 is 34.7 Å². The first-order valence-corrected chi connectivity index (χ1v) is 17.7. The number of nitrogens with one attached hydrogen (secondary N) is 2. The van der Waals surface area contributed by atoms with E-state index in [0.29, 0.717) is 11.2 Å². The van der Waals surface area contributed by atoms with Crippen LogP contribution in [-0.4, -0.2) is 82.0 Å². The molecule has 3 rings (SSSR count). The van der Waals surface area contributed by atoms with E-state index in [0.717, 1.165) is 25.7 Å². The van der Waals surface area contributed by atoms with Crippen LogP contribution >= 0.6 is 7.67 Å². The standard InChI is InChI=1S/C31H49N6O9P/c1-7-21(8-2)15-43-29(40)19(5)35-47(42,36-20(6)30(41)44-16-22(9-3)10-4)45-17-25-27(38)28(39)31(18-32,46-25)26-12-11-24-23(33)13-14-34-37(24)26/h11-14,19-22,25,27-28,38-39H,7-10,15-17,33H2,1-6H3,(H2,35,36,42)/t19-,20-,25+,27+,28+,31-/m0/s1. The summed E-state index contributed by atoms with van der Waals surface area (Å²) in [5, 5.41) is 41.7. The number of nitrogens with zero attached hydrogens (tertiary/aromatic N) is 3. The minimum absolute atomic E-state index is 0.110. The van der Waals surface area contributed by atoms with E-state index in [1.807, 2.05) is 33.8 Å². The maximum atomic E-state index is 14.2. The van der Waals surface area contributed by atoms with Crippen LogP contribution < -0.4 is 15.9 Å². The quantitative estimate of drug-likeness (QED) is 0.113. The summed E-state index contributed by atoms with van der Waals surface area (Å²) in [5.41, 5.74) is 4.86. The number of nitriles is 1. The molecule has 0 radical (unpaired) electrons. The Hall–Kier alpha value is -3.09. The number of nitrogen functional groups attached to an aromatic ring is 1. The maximum Gasteiger partial charge on any atom is 0.342 e. The number of esters is 2. The van der Waals surface area contributed by atoms with Gasteiger partial charge in [-0.25, -0.2) is 14.7 Å². The highest BCUT2D eigenvalue weighted by Crippen LogP contribution is 2.44. The minimum Gasteiger partial charge on any atom is -0.464 e. The van der Waals surface area contributed by atoms with Crippen molar-refractivity contribution >= 4 is 30.8 Å². The number of rotatable bonds is 18. The van der Waals surface area contributed by atoms with Gasteiger partial charge in [0.25, 0.3) is 0 Å². The van der Waals surface area contributed by atoms with E-state index >= 15 is 0 Å². The van der Waals surface area contributed by atoms with Crippen LogP contribution in [0.2, 0.25) is 0 Å². The van der Waals surface area contributed by atoms with Gasteiger partial charge in [0.2, 0.25) is 5.60 Å². The molecule has 0 aromatic carbocycles. The third-order valence-electron chi connectivity index (χ3n) is 8.68. The normalized spacial score (nSPS) is 22.8. The van der Waals surface area contributed by atoms with Gasteiger partial charge in [-0.15, -0.1) is 0 Å². The van der Waals surface area contributed by atoms with Crippen LogP contribution in [0.4, 0.5) is 5.69 Å². The first-order chi connectivity index (χ1) is 22.3. The number of aliphatic hydroxyl groups excluding tert-OH is 2. The number of anilines is 1. The number of ether oxygens (including phenoxy) is 3. The van der Waals surface area contributed by atoms with Gasteiger partial charge in [-0.2, -0.15) is 10.4 Å². The zero-order chi connectivity index (χ0) is 34.9. The number of fused-ring (bicyclic) bond motifs is 1. The van der Waals surface area contributed by atoms with Gasteiger partial charge in [-0.1, -0.05) is 53.4 Å². The lowest BCUT2D eigenvalue weighted by Crippen LogP contribution is -2.43. The fourth-order valence-corrected chi connectivity index (χ4v) is 7.05. The molecule has 0 aliphatic carbocycles. The average Bonchev–Trinajstić information content (AvgIpc) is 3.60. The highest BCUT2D eigenvalue weighted by molar-refractivity contribution is 7.54. The van der Waals surface area contributed by atoms with Crippen LogP contribution in [0.1, 0.15) is 72.9 Å². The van der Waals surface area contributed by atoms with Crippen molar-refractivity contribution in [2.75, 3.05) is 25.6 Å². The average molecular weight is 681 g/mol. The molecule has 3 heterocycles. The largest absolute Gasteiger partial charge is 0.464 e. The monoisotopic (exact) mass is 680 g/mol. The maximum absolute atomic E-state index is 14.2. The summed E-state index contributed by atoms with van der Waals surface area (Å²) in [7, 11) is -4.31. The van der Waals surface area contributed by atoms with Crippen LogP contribution in [0.5, 0.6) is 0 Å². The third-order valence-corrected chi connectivity index (χ3v) is 10.6. The molecule has 0 amide bonds. The second-order valence-electron chi connectivity index (χ2n) is 11.9. The van der Waals surface area contributed by atoms with Gasteiger partial charge in [0.15, 0.2) is 0 Å². The topological polar surface area (TPSA) is 220 Å². The molecule has 6 atom stereocenters. The minimum atomic E-state index is -4.31. The molecule has 2 aromatic rings. The Morgan fingerprint density at radius 1 is 1.04 bits per heavy atom. The highest BCUT2D eigenvalue weighted by Gasteiger charge is 2.58. The SMILES string of the molecule is CCC(CC)COC(=O)[C@H](C)NP(=O)(N[C@@H](C)C(=O)OCC(CC)CC)OC[C@H]1O[C@@](C#N)(c2ccc3c(N)ccnn23)[C@H](O)[C@@H]1O. The number of hydrogen-bond acceptors (Lipinski definition) is 12. The summed E-state index contributed by atoms with van der Waals surface area (Å²) >= 11 is 0. The van der Waals surface area contributed by atoms with Gasteiger partial charge in [0.1, 0.15) is 36.5 Å². The third kappa shape index (κ3) is 8.88. The van der Waals surface area contributed by atoms with Gasteiger partial charge in [0.05, 0.1) is 36.7 Å². The lowest BCUT2D eigenvalue weighted by Gasteiger charge is -2.28. The number of hydrogen-bond donors (Lipinski definition) is 5. The van der Waals surface area contributed by atoms with E-state index in [2.05, 4.69) is 15.3 Å². The van der Waals surface area contributed by atoms with Crippen LogP contribution in [-0.2, 0) is 38.5 Å². The summed E-state index contributed by atoms with van der Waals surface area (Å²) in [6.07, 6.45) is -0.138. The summed E-state index contributed by atoms with van der Waals surface area (Å²) in [4.78, 5) is 25.7. The number of aliphatic hydroxyl groups is 2. The predicted molar refractivity (Wildman–Crippen MR) is 173 cm³/mol. The second-order valence-corrected chi connectivity index (χ2v) is 13.8. The number of carbonyl (C=O) groups is 2. The molecule has 0 unspecified atom stereocenters. The molecule has 1 aliphatic heterocycles. The van der Waals surface area contributed by atoms with Crippen molar-refractivity contribution in [1.29, 1.82) is 5.26 Å². The highest BCUT2D eigenvalue weighted by atomic mass is 31.2. The Labute approximate surface area is 275 Å². The molecule has 1 aliphatic rings. The fraction of sp³-hybridized carbons (Fsp3) is 0.677. The van der Waals surface area contributed by atoms with Crippen LogP contribution in [0, 0.1) is 23.2 Å². The van der Waals surface area contributed by atoms with E-state index in [-0.39, 0.29) is 30.7 Å². The number of nitrogens with two attached hydrogens (primary N) is 1. The molecule has 2 aromatic heterocycles. The summed E-state index contributed by atoms with van der Waals surface area (Å²) in [6.45, 7) is 10.6. The zero-order valence-electron chi connectivity index (χ0n) is 27.9. The zero-order valence-corrected chi connectivity index (χ0v) is 28.8. The number of carbonyl (C=O) groups excluding carboxylic acids is 2. The number of aromatic nitrogens is 2. The first-order valence-electron chi connectivity index (χ1n) is 16.1. The molecule has 262 valence electrons. The first kappa shape index (κ1) is 38.4. The molecular formula is C31H49N6O9P. The van der Waals surface area contributed by atoms with Crippen molar-refractivity contribution in [1.82, 2.24) is 19.8 Å². The molecule has 0 bridgehead atoms. The van der Waals surface area contributed by atoms with Crippen molar-refractivity contribution in [2.45, 2.75) is 103 Å². The van der Waals surface area contributed by atoms with Crippen molar-refractivity contribution < 1.29 is 43.1 Å². The van der Waals surface area contributed by atoms with Gasteiger partial charge in [0, 0.05) is 6.20 Å². The van der Waals surface area contributed by atoms with Crippen molar-refractivity contribution in [3.05, 3.63) is 30.1 Å². The van der Waals surface area contributed by atoms with E-state index < -0.39 is 62.2 Å². The Kier molecular flexibility index (Phi) is 13.7. The lowest BCUT2D eigenvalue weighted by atomic mass is 9.92. The van der Waals surface area contributed by atoms with E-state index in [4.69, 9.17) is 24.5 Å². The van der Waals surface area contributed by atoms with E-state index in [1.165, 1.54) is 30.6 Å². The molecule has 0 saturated carbocycles. The molecule has 1 saturated heterocycles. The van der Waals surface area contributed by atoms with Crippen LogP contribution in [0.25, 0.3) is 5.52 Å². The van der Waals surface area contributed by atoms with Crippen LogP contribution in [0.3, 0.4) is 0 Å². The second kappa shape index (κ2) is 16.8. The lowest BCUT2D eigenvalue weighted by molar-refractivity contribution is -0.147. The summed E-state index contributed by atoms with van der Waals surface area (Å²) in [6, 6.07) is 4.33. The van der Waals surface area contributed by atoms with Crippen molar-refractivity contribution in [3.63, 3.8) is 0 Å². The van der Waals surface area contributed by atoms with Gasteiger partial charge in [-0.05, 0) is 43.9 Å². The molecule has 15 nitrogen and oxygen atoms in total. The Bertz CT molecular complexity index is 1400. The predicted octanol–water partition coefficient (Wildman–Crippen LogP) is 2.80. The summed E-state index contributed by atoms with van der Waals surface area (Å²) in [5.74, 6) is -1.05. The molecule has 0 spiro atoms. The Morgan fingerprint density at radius 2 is 1.57 bits per heavy atom. The molecule has 1 fully saturated rings. The molecule has 16 heteroatoms. The van der Waals surface area contributed by atoms with E-state index in [1.54, 1.807) is 12.1 Å². The van der Waals surface area contributed by atoms with Crippen LogP contribution in [0.15, 0.2) is 24.4 Å². The van der Waals surface area contributed by atoms with Crippen molar-refractivity contribution in [2.24, 2.45) is 11.8 Å².